The number of nitrogens with zero attached hydrogens (tertiary/aromatic N) is 1. The minimum Gasteiger partial charge on any atom is -0.482 e. The van der Waals surface area contributed by atoms with Crippen LogP contribution < -0.4 is 10.5 Å². The van der Waals surface area contributed by atoms with Gasteiger partial charge in [0.2, 0.25) is 0 Å². The number of thiocarbonyl (C=S) groups is 1. The van der Waals surface area contributed by atoms with Gasteiger partial charge in [0.15, 0.2) is 6.61 Å². The summed E-state index contributed by atoms with van der Waals surface area (Å²) in [5, 5.41) is 17.2. The molecule has 0 aliphatic rings. The molecule has 0 saturated carbocycles. The first kappa shape index (κ1) is 13.7. The Morgan fingerprint density at radius 1 is 1.50 bits per heavy atom. The van der Waals surface area contributed by atoms with Crippen LogP contribution in [0.25, 0.3) is 6.08 Å². The summed E-state index contributed by atoms with van der Waals surface area (Å²) in [4.78, 5) is 10.3. The van der Waals surface area contributed by atoms with E-state index in [2.05, 4.69) is 0 Å². The van der Waals surface area contributed by atoms with Crippen molar-refractivity contribution >= 4 is 29.3 Å². The van der Waals surface area contributed by atoms with Crippen molar-refractivity contribution in [3.05, 3.63) is 35.4 Å². The van der Waals surface area contributed by atoms with E-state index in [4.69, 9.17) is 33.1 Å². The third-order valence-electron chi connectivity index (χ3n) is 1.94. The quantitative estimate of drug-likeness (QED) is 0.472. The molecule has 6 heteroatoms. The van der Waals surface area contributed by atoms with Crippen LogP contribution in [0, 0.1) is 11.3 Å². The van der Waals surface area contributed by atoms with Crippen LogP contribution in [-0.2, 0) is 4.79 Å². The Kier molecular flexibility index (Phi) is 4.84. The molecule has 0 unspecified atom stereocenters. The Bertz CT molecular complexity index is 529. The minimum absolute atomic E-state index is 0.0312. The third kappa shape index (κ3) is 4.23. The highest BCUT2D eigenvalue weighted by Gasteiger charge is 2.01. The van der Waals surface area contributed by atoms with E-state index in [0.29, 0.717) is 5.75 Å². The number of carboxylic acids is 1. The van der Waals surface area contributed by atoms with Gasteiger partial charge in [0, 0.05) is 0 Å². The molecule has 5 nitrogen and oxygen atoms in total. The van der Waals surface area contributed by atoms with Crippen LogP contribution in [0.4, 0.5) is 0 Å². The first-order chi connectivity index (χ1) is 8.52. The highest BCUT2D eigenvalue weighted by Crippen LogP contribution is 2.14. The molecule has 0 bridgehead atoms. The lowest BCUT2D eigenvalue weighted by Crippen LogP contribution is -2.10. The van der Waals surface area contributed by atoms with Crippen LogP contribution in [0.5, 0.6) is 5.75 Å². The van der Waals surface area contributed by atoms with E-state index in [-0.39, 0.29) is 10.6 Å². The first-order valence-electron chi connectivity index (χ1n) is 4.89. The molecule has 0 aromatic heterocycles. The van der Waals surface area contributed by atoms with Crippen LogP contribution in [0.15, 0.2) is 29.8 Å². The van der Waals surface area contributed by atoms with Gasteiger partial charge >= 0.3 is 5.97 Å². The highest BCUT2D eigenvalue weighted by atomic mass is 32.1. The van der Waals surface area contributed by atoms with Crippen LogP contribution in [0.2, 0.25) is 0 Å². The molecule has 0 aliphatic heterocycles. The summed E-state index contributed by atoms with van der Waals surface area (Å²) in [6.07, 6.45) is 1.54. The summed E-state index contributed by atoms with van der Waals surface area (Å²) >= 11 is 4.71. The number of nitriles is 1. The van der Waals surface area contributed by atoms with Gasteiger partial charge in [-0.1, -0.05) is 24.4 Å². The fourth-order valence-corrected chi connectivity index (χ4v) is 1.24. The van der Waals surface area contributed by atoms with Crippen molar-refractivity contribution in [3.8, 4) is 11.8 Å². The molecule has 3 N–H and O–H groups in total. The second-order valence-corrected chi connectivity index (χ2v) is 3.73. The first-order valence-corrected chi connectivity index (χ1v) is 5.30. The van der Waals surface area contributed by atoms with Gasteiger partial charge in [-0.05, 0) is 23.8 Å². The number of carboxylic acid groups (broad SMARTS) is 1. The van der Waals surface area contributed by atoms with E-state index < -0.39 is 12.6 Å². The summed E-state index contributed by atoms with van der Waals surface area (Å²) < 4.78 is 4.97. The normalized spacial score (nSPS) is 10.5. The predicted molar refractivity (Wildman–Crippen MR) is 69.9 cm³/mol. The Hall–Kier alpha value is -2.39. The Labute approximate surface area is 109 Å². The molecule has 0 spiro atoms. The molecule has 92 valence electrons. The van der Waals surface area contributed by atoms with Crippen molar-refractivity contribution < 1.29 is 14.6 Å². The van der Waals surface area contributed by atoms with Crippen molar-refractivity contribution in [1.29, 1.82) is 5.26 Å². The minimum atomic E-state index is -1.04. The van der Waals surface area contributed by atoms with Crippen LogP contribution in [-0.4, -0.2) is 22.7 Å². The lowest BCUT2D eigenvalue weighted by molar-refractivity contribution is -0.139. The van der Waals surface area contributed by atoms with E-state index in [9.17, 15) is 4.79 Å². The van der Waals surface area contributed by atoms with Crippen molar-refractivity contribution in [1.82, 2.24) is 0 Å². The summed E-state index contributed by atoms with van der Waals surface area (Å²) in [6, 6.07) is 8.44. The fraction of sp³-hybridized carbons (Fsp3) is 0.0833. The van der Waals surface area contributed by atoms with Crippen molar-refractivity contribution in [2.24, 2.45) is 5.73 Å². The van der Waals surface area contributed by atoms with E-state index in [1.54, 1.807) is 30.3 Å². The molecule has 1 aromatic rings. The van der Waals surface area contributed by atoms with Gasteiger partial charge in [0.25, 0.3) is 0 Å². The van der Waals surface area contributed by atoms with Gasteiger partial charge in [-0.25, -0.2) is 4.79 Å². The van der Waals surface area contributed by atoms with Gasteiger partial charge in [-0.2, -0.15) is 5.26 Å². The maximum Gasteiger partial charge on any atom is 0.341 e. The number of benzene rings is 1. The molecule has 1 aromatic carbocycles. The third-order valence-corrected chi connectivity index (χ3v) is 2.16. The largest absolute Gasteiger partial charge is 0.482 e. The van der Waals surface area contributed by atoms with Gasteiger partial charge in [-0.3, -0.25) is 0 Å². The summed E-state index contributed by atoms with van der Waals surface area (Å²) in [5.41, 5.74) is 6.29. The molecule has 1 rings (SSSR count). The summed E-state index contributed by atoms with van der Waals surface area (Å²) in [6.45, 7) is -0.397. The topological polar surface area (TPSA) is 96.3 Å². The zero-order valence-corrected chi connectivity index (χ0v) is 10.1. The van der Waals surface area contributed by atoms with Gasteiger partial charge in [0.1, 0.15) is 16.8 Å². The molecule has 0 saturated heterocycles. The van der Waals surface area contributed by atoms with Crippen molar-refractivity contribution in [2.75, 3.05) is 6.61 Å². The number of rotatable bonds is 5. The van der Waals surface area contributed by atoms with Crippen LogP contribution in [0.3, 0.4) is 0 Å². The predicted octanol–water partition coefficient (Wildman–Crippen LogP) is 1.34. The Morgan fingerprint density at radius 3 is 2.56 bits per heavy atom. The SMILES string of the molecule is N#C/C(=C\c1ccc(OCC(=O)O)cc1)C(N)=S. The number of hydrogen-bond donors (Lipinski definition) is 2. The standard InChI is InChI=1S/C12H10N2O3S/c13-6-9(12(14)18)5-8-1-3-10(4-2-8)17-7-11(15)16/h1-5H,7H2,(H2,14,18)(H,15,16)/b9-5+. The average Bonchev–Trinajstić information content (AvgIpc) is 2.34. The van der Waals surface area contributed by atoms with Crippen LogP contribution >= 0.6 is 12.2 Å². The van der Waals surface area contributed by atoms with E-state index in [1.807, 2.05) is 6.07 Å². The monoisotopic (exact) mass is 262 g/mol. The molecule has 0 radical (unpaired) electrons. The number of carbonyl (C=O) groups is 1. The molecular formula is C12H10N2O3S. The number of nitrogens with two attached hydrogens (primary N) is 1. The zero-order valence-electron chi connectivity index (χ0n) is 9.29. The maximum atomic E-state index is 10.3. The molecule has 0 heterocycles. The van der Waals surface area contributed by atoms with Crippen LogP contribution in [0.1, 0.15) is 5.56 Å². The van der Waals surface area contributed by atoms with Gasteiger partial charge in [-0.15, -0.1) is 0 Å². The summed E-state index contributed by atoms with van der Waals surface area (Å²) in [7, 11) is 0. The molecule has 0 atom stereocenters. The zero-order chi connectivity index (χ0) is 13.5. The second-order valence-electron chi connectivity index (χ2n) is 3.29. The molecule has 18 heavy (non-hydrogen) atoms. The second kappa shape index (κ2) is 6.37. The van der Waals surface area contributed by atoms with E-state index >= 15 is 0 Å². The van der Waals surface area contributed by atoms with E-state index in [0.717, 1.165) is 5.56 Å². The Balaban J connectivity index is 2.80. The van der Waals surface area contributed by atoms with Crippen molar-refractivity contribution in [3.63, 3.8) is 0 Å². The lowest BCUT2D eigenvalue weighted by atomic mass is 10.1. The summed E-state index contributed by atoms with van der Waals surface area (Å²) in [5.74, 6) is -0.609. The highest BCUT2D eigenvalue weighted by molar-refractivity contribution is 7.80. The fourth-order valence-electron chi connectivity index (χ4n) is 1.13. The van der Waals surface area contributed by atoms with Gasteiger partial charge in [0.05, 0.1) is 5.57 Å². The number of ether oxygens (including phenoxy) is 1. The molecule has 0 fully saturated rings. The lowest BCUT2D eigenvalue weighted by Gasteiger charge is -2.03. The smallest absolute Gasteiger partial charge is 0.341 e. The number of hydrogen-bond acceptors (Lipinski definition) is 4. The average molecular weight is 262 g/mol. The Morgan fingerprint density at radius 2 is 2.11 bits per heavy atom. The maximum absolute atomic E-state index is 10.3. The molecule has 0 amide bonds. The number of aliphatic carboxylic acids is 1. The van der Waals surface area contributed by atoms with Crippen molar-refractivity contribution in [2.45, 2.75) is 0 Å². The van der Waals surface area contributed by atoms with E-state index in [1.165, 1.54) is 0 Å². The molecular weight excluding hydrogens is 252 g/mol. The van der Waals surface area contributed by atoms with Gasteiger partial charge < -0.3 is 15.6 Å². The molecule has 0 aliphatic carbocycles.